The van der Waals surface area contributed by atoms with Crippen LogP contribution in [-0.4, -0.2) is 40.7 Å². The zero-order chi connectivity index (χ0) is 24.5. The molecule has 1 aromatic carbocycles. The average molecular weight is 470 g/mol. The van der Waals surface area contributed by atoms with Gasteiger partial charge in [-0.1, -0.05) is 0 Å². The van der Waals surface area contributed by atoms with E-state index in [2.05, 4.69) is 15.5 Å². The fourth-order valence-corrected chi connectivity index (χ4v) is 3.35. The SMILES string of the molecule is Cc1c(C#N)sc(/N=N/c2ccc(NC(=O)CCC(N)C(=O)O)cc2OCC(=O)O)c1C#N. The third-order valence-corrected chi connectivity index (χ3v) is 5.27. The second kappa shape index (κ2) is 11.3. The molecule has 0 bridgehead atoms. The van der Waals surface area contributed by atoms with E-state index in [9.17, 15) is 19.6 Å². The number of carboxylic acids is 2. The summed E-state index contributed by atoms with van der Waals surface area (Å²) in [6.45, 7) is 0.933. The number of hydrogen-bond acceptors (Lipinski definition) is 10. The molecule has 0 radical (unpaired) electrons. The van der Waals surface area contributed by atoms with Crippen LogP contribution in [-0.2, 0) is 14.4 Å². The van der Waals surface area contributed by atoms with E-state index in [1.54, 1.807) is 6.92 Å². The van der Waals surface area contributed by atoms with Crippen LogP contribution in [0.5, 0.6) is 5.75 Å². The van der Waals surface area contributed by atoms with Crippen molar-refractivity contribution in [1.29, 1.82) is 10.5 Å². The zero-order valence-corrected chi connectivity index (χ0v) is 18.0. The number of hydrogen-bond donors (Lipinski definition) is 4. The van der Waals surface area contributed by atoms with Gasteiger partial charge in [-0.2, -0.15) is 10.5 Å². The lowest BCUT2D eigenvalue weighted by molar-refractivity contribution is -0.140. The second-order valence-electron chi connectivity index (χ2n) is 6.56. The van der Waals surface area contributed by atoms with Gasteiger partial charge in [-0.05, 0) is 31.0 Å². The Hall–Kier alpha value is -4.33. The molecule has 1 aromatic heterocycles. The Morgan fingerprint density at radius 3 is 2.58 bits per heavy atom. The van der Waals surface area contributed by atoms with E-state index in [0.29, 0.717) is 10.4 Å². The first-order valence-corrected chi connectivity index (χ1v) is 10.1. The van der Waals surface area contributed by atoms with Crippen molar-refractivity contribution in [1.82, 2.24) is 0 Å². The maximum atomic E-state index is 12.1. The summed E-state index contributed by atoms with van der Waals surface area (Å²) in [5, 5.41) is 46.9. The number of anilines is 1. The quantitative estimate of drug-likeness (QED) is 0.375. The van der Waals surface area contributed by atoms with Crippen LogP contribution < -0.4 is 15.8 Å². The van der Waals surface area contributed by atoms with Crippen LogP contribution in [0.15, 0.2) is 28.4 Å². The number of amides is 1. The molecule has 1 heterocycles. The van der Waals surface area contributed by atoms with Crippen molar-refractivity contribution in [3.8, 4) is 17.9 Å². The van der Waals surface area contributed by atoms with E-state index in [1.165, 1.54) is 18.2 Å². The first-order valence-electron chi connectivity index (χ1n) is 9.28. The highest BCUT2D eigenvalue weighted by molar-refractivity contribution is 7.16. The third-order valence-electron chi connectivity index (χ3n) is 4.18. The first-order chi connectivity index (χ1) is 15.7. The van der Waals surface area contributed by atoms with Crippen LogP contribution in [0, 0.1) is 29.6 Å². The Labute approximate surface area is 191 Å². The highest BCUT2D eigenvalue weighted by Gasteiger charge is 2.16. The summed E-state index contributed by atoms with van der Waals surface area (Å²) in [5.74, 6) is -2.96. The summed E-state index contributed by atoms with van der Waals surface area (Å²) >= 11 is 0.987. The minimum atomic E-state index is -1.24. The Balaban J connectivity index is 2.27. The molecule has 13 heteroatoms. The van der Waals surface area contributed by atoms with Crippen LogP contribution >= 0.6 is 11.3 Å². The monoisotopic (exact) mass is 470 g/mol. The molecule has 0 saturated heterocycles. The van der Waals surface area contributed by atoms with E-state index < -0.39 is 30.5 Å². The van der Waals surface area contributed by atoms with Crippen molar-refractivity contribution in [2.45, 2.75) is 25.8 Å². The molecule has 2 rings (SSSR count). The molecule has 0 fully saturated rings. The zero-order valence-electron chi connectivity index (χ0n) is 17.2. The third kappa shape index (κ3) is 6.83. The van der Waals surface area contributed by atoms with Crippen LogP contribution in [0.1, 0.15) is 28.8 Å². The minimum Gasteiger partial charge on any atom is -0.480 e. The lowest BCUT2D eigenvalue weighted by Gasteiger charge is -2.11. The van der Waals surface area contributed by atoms with E-state index in [4.69, 9.17) is 25.9 Å². The molecule has 0 spiro atoms. The number of benzene rings is 1. The van der Waals surface area contributed by atoms with Gasteiger partial charge in [-0.3, -0.25) is 9.59 Å². The summed E-state index contributed by atoms with van der Waals surface area (Å²) in [6, 6.07) is 6.98. The molecule has 0 aliphatic carbocycles. The van der Waals surface area contributed by atoms with E-state index in [0.717, 1.165) is 11.3 Å². The average Bonchev–Trinajstić information content (AvgIpc) is 3.09. The number of thiophene rings is 1. The van der Waals surface area contributed by atoms with Crippen molar-refractivity contribution in [3.05, 3.63) is 34.2 Å². The van der Waals surface area contributed by atoms with Crippen molar-refractivity contribution >= 4 is 45.6 Å². The Morgan fingerprint density at radius 2 is 1.97 bits per heavy atom. The van der Waals surface area contributed by atoms with Gasteiger partial charge in [-0.25, -0.2) is 4.79 Å². The van der Waals surface area contributed by atoms with Gasteiger partial charge in [0.1, 0.15) is 34.5 Å². The van der Waals surface area contributed by atoms with Gasteiger partial charge in [0.2, 0.25) is 5.91 Å². The van der Waals surface area contributed by atoms with Gasteiger partial charge >= 0.3 is 11.9 Å². The number of nitrogens with two attached hydrogens (primary N) is 1. The molecule has 33 heavy (non-hydrogen) atoms. The molecule has 0 saturated carbocycles. The topological polar surface area (TPSA) is 211 Å². The van der Waals surface area contributed by atoms with Gasteiger partial charge < -0.3 is 26.0 Å². The largest absolute Gasteiger partial charge is 0.480 e. The van der Waals surface area contributed by atoms with Gasteiger partial charge in [-0.15, -0.1) is 21.6 Å². The molecule has 0 aliphatic heterocycles. The number of azo groups is 1. The van der Waals surface area contributed by atoms with Crippen LogP contribution in [0.4, 0.5) is 16.4 Å². The van der Waals surface area contributed by atoms with Gasteiger partial charge in [0.25, 0.3) is 0 Å². The smallest absolute Gasteiger partial charge is 0.341 e. The minimum absolute atomic E-state index is 0.00604. The van der Waals surface area contributed by atoms with Crippen LogP contribution in [0.25, 0.3) is 0 Å². The molecule has 1 amide bonds. The number of carbonyl (C=O) groups excluding carboxylic acids is 1. The highest BCUT2D eigenvalue weighted by atomic mass is 32.1. The molecule has 12 nitrogen and oxygen atoms in total. The van der Waals surface area contributed by atoms with Crippen LogP contribution in [0.3, 0.4) is 0 Å². The number of nitriles is 2. The molecule has 1 atom stereocenters. The number of rotatable bonds is 10. The molecule has 5 N–H and O–H groups in total. The van der Waals surface area contributed by atoms with E-state index in [1.807, 2.05) is 12.1 Å². The molecule has 1 unspecified atom stereocenters. The lowest BCUT2D eigenvalue weighted by Crippen LogP contribution is -2.31. The highest BCUT2D eigenvalue weighted by Crippen LogP contribution is 2.37. The lowest BCUT2D eigenvalue weighted by atomic mass is 10.1. The maximum Gasteiger partial charge on any atom is 0.341 e. The Bertz CT molecular complexity index is 1190. The van der Waals surface area contributed by atoms with Crippen molar-refractivity contribution in [2.24, 2.45) is 16.0 Å². The molecular formula is C20H18N6O6S. The summed E-state index contributed by atoms with van der Waals surface area (Å²) in [4.78, 5) is 34.0. The maximum absolute atomic E-state index is 12.1. The van der Waals surface area contributed by atoms with Gasteiger partial charge in [0, 0.05) is 18.2 Å². The number of ether oxygens (including phenoxy) is 1. The summed E-state index contributed by atoms with van der Waals surface area (Å²) < 4.78 is 5.23. The fraction of sp³-hybridized carbons (Fsp3) is 0.250. The number of nitrogens with one attached hydrogen (secondary N) is 1. The standard InChI is InChI=1S/C20H18N6O6S/c1-10-12(7-21)19(33-16(10)8-22)26-25-14-4-2-11(6-15(14)32-9-18(28)29)24-17(27)5-3-13(23)20(30)31/h2,4,6,13H,3,5,9,23H2,1H3,(H,24,27)(H,28,29)(H,30,31)/b26-25+. The van der Waals surface area contributed by atoms with Crippen LogP contribution in [0.2, 0.25) is 0 Å². The van der Waals surface area contributed by atoms with Gasteiger partial charge in [0.05, 0.1) is 5.56 Å². The summed E-state index contributed by atoms with van der Waals surface area (Å²) in [5.41, 5.74) is 6.44. The van der Waals surface area contributed by atoms with Crippen molar-refractivity contribution in [3.63, 3.8) is 0 Å². The molecule has 170 valence electrons. The number of nitrogens with zero attached hydrogens (tertiary/aromatic N) is 4. The van der Waals surface area contributed by atoms with E-state index in [-0.39, 0.29) is 40.5 Å². The normalized spacial score (nSPS) is 11.4. The molecular weight excluding hydrogens is 452 g/mol. The number of carbonyl (C=O) groups is 3. The summed E-state index contributed by atoms with van der Waals surface area (Å²) in [6.07, 6.45) is -0.210. The molecule has 2 aromatic rings. The predicted octanol–water partition coefficient (Wildman–Crippen LogP) is 2.81. The van der Waals surface area contributed by atoms with Gasteiger partial charge in [0.15, 0.2) is 11.6 Å². The fourth-order valence-electron chi connectivity index (χ4n) is 2.47. The van der Waals surface area contributed by atoms with Crippen molar-refractivity contribution < 1.29 is 29.3 Å². The van der Waals surface area contributed by atoms with Crippen molar-refractivity contribution in [2.75, 3.05) is 11.9 Å². The predicted molar refractivity (Wildman–Crippen MR) is 116 cm³/mol. The first kappa shape index (κ1) is 24.9. The van der Waals surface area contributed by atoms with E-state index >= 15 is 0 Å². The Kier molecular flexibility index (Phi) is 8.56. The summed E-state index contributed by atoms with van der Waals surface area (Å²) in [7, 11) is 0. The second-order valence-corrected chi connectivity index (χ2v) is 7.56. The number of carboxylic acid groups (broad SMARTS) is 2. The Morgan fingerprint density at radius 1 is 1.24 bits per heavy atom. The number of aliphatic carboxylic acids is 2. The molecule has 0 aliphatic rings.